The fourth-order valence-corrected chi connectivity index (χ4v) is 3.34. The largest absolute Gasteiger partial charge is 0.455 e. The third kappa shape index (κ3) is 4.06. The van der Waals surface area contributed by atoms with Gasteiger partial charge in [0.05, 0.1) is 5.69 Å². The fourth-order valence-electron chi connectivity index (χ4n) is 3.34. The molecule has 1 heterocycles. The Morgan fingerprint density at radius 3 is 2.38 bits per heavy atom. The Bertz CT molecular complexity index is 827. The topological polar surface area (TPSA) is 33.3 Å². The van der Waals surface area contributed by atoms with Crippen LogP contribution in [0.25, 0.3) is 11.1 Å². The van der Waals surface area contributed by atoms with Crippen LogP contribution in [0.2, 0.25) is 0 Å². The quantitative estimate of drug-likeness (QED) is 0.636. The predicted molar refractivity (Wildman–Crippen MR) is 108 cm³/mol. The van der Waals surface area contributed by atoms with Gasteiger partial charge in [-0.15, -0.1) is 0 Å². The Kier molecular flexibility index (Phi) is 5.17. The minimum Gasteiger partial charge on any atom is -0.455 e. The minimum absolute atomic E-state index is 0.536. The van der Waals surface area contributed by atoms with E-state index in [0.717, 1.165) is 35.8 Å². The van der Waals surface area contributed by atoms with Gasteiger partial charge >= 0.3 is 0 Å². The molecular weight excluding hydrogens is 320 g/mol. The van der Waals surface area contributed by atoms with Gasteiger partial charge in [-0.2, -0.15) is 0 Å². The van der Waals surface area contributed by atoms with Gasteiger partial charge in [-0.3, -0.25) is 0 Å². The normalized spacial score (nSPS) is 16.4. The van der Waals surface area contributed by atoms with E-state index in [0.29, 0.717) is 6.04 Å². The van der Waals surface area contributed by atoms with Crippen LogP contribution < -0.4 is 15.4 Å². The molecule has 3 aromatic carbocycles. The van der Waals surface area contributed by atoms with Gasteiger partial charge in [0, 0.05) is 12.6 Å². The monoisotopic (exact) mass is 344 g/mol. The first-order valence-corrected chi connectivity index (χ1v) is 9.28. The first-order chi connectivity index (χ1) is 12.9. The third-order valence-electron chi connectivity index (χ3n) is 4.76. The van der Waals surface area contributed by atoms with E-state index in [9.17, 15) is 0 Å². The first kappa shape index (κ1) is 16.7. The molecule has 1 fully saturated rings. The molecule has 0 aromatic heterocycles. The maximum absolute atomic E-state index is 6.20. The number of benzene rings is 3. The van der Waals surface area contributed by atoms with E-state index in [1.165, 1.54) is 18.4 Å². The summed E-state index contributed by atoms with van der Waals surface area (Å²) in [6.45, 7) is 2.03. The van der Waals surface area contributed by atoms with Crippen LogP contribution in [0.4, 0.5) is 5.69 Å². The second-order valence-electron chi connectivity index (χ2n) is 6.67. The van der Waals surface area contributed by atoms with Crippen molar-refractivity contribution in [3.05, 3.63) is 78.9 Å². The Balaban J connectivity index is 1.61. The zero-order valence-electron chi connectivity index (χ0n) is 14.8. The predicted octanol–water partition coefficient (Wildman–Crippen LogP) is 5.31. The fraction of sp³-hybridized carbons (Fsp3) is 0.217. The molecule has 2 N–H and O–H groups in total. The summed E-state index contributed by atoms with van der Waals surface area (Å²) in [5, 5.41) is 7.10. The summed E-state index contributed by atoms with van der Waals surface area (Å²) in [5.41, 5.74) is 3.37. The highest BCUT2D eigenvalue weighted by atomic mass is 16.5. The molecule has 0 radical (unpaired) electrons. The Hall–Kier alpha value is -2.78. The highest BCUT2D eigenvalue weighted by Crippen LogP contribution is 2.34. The van der Waals surface area contributed by atoms with E-state index < -0.39 is 0 Å². The van der Waals surface area contributed by atoms with Gasteiger partial charge in [0.15, 0.2) is 5.75 Å². The van der Waals surface area contributed by atoms with E-state index in [1.54, 1.807) is 0 Å². The number of anilines is 1. The van der Waals surface area contributed by atoms with Crippen LogP contribution in [0.15, 0.2) is 78.9 Å². The number of para-hydroxylation sites is 1. The second kappa shape index (κ2) is 8.07. The van der Waals surface area contributed by atoms with Gasteiger partial charge < -0.3 is 15.4 Å². The summed E-state index contributed by atoms with van der Waals surface area (Å²) < 4.78 is 6.20. The molecule has 3 heteroatoms. The molecule has 1 aliphatic rings. The molecule has 3 nitrogen and oxygen atoms in total. The molecule has 1 aliphatic heterocycles. The van der Waals surface area contributed by atoms with Gasteiger partial charge in [0.1, 0.15) is 5.75 Å². The standard InChI is InChI=1S/C23H24N2O/c1-3-8-18(9-4-1)19-13-14-22(25-17-20-10-7-15-24-20)23(16-19)26-21-11-5-2-6-12-21/h1-6,8-9,11-14,16,20,24-25H,7,10,15,17H2/t20-/m0/s1. The van der Waals surface area contributed by atoms with Crippen LogP contribution in [0.3, 0.4) is 0 Å². The molecule has 0 aliphatic carbocycles. The van der Waals surface area contributed by atoms with Crippen LogP contribution in [0, 0.1) is 0 Å². The van der Waals surface area contributed by atoms with Gasteiger partial charge in [-0.1, -0.05) is 54.6 Å². The van der Waals surface area contributed by atoms with Crippen molar-refractivity contribution in [1.82, 2.24) is 5.32 Å². The van der Waals surface area contributed by atoms with Gasteiger partial charge in [-0.05, 0) is 54.8 Å². The molecule has 26 heavy (non-hydrogen) atoms. The molecule has 132 valence electrons. The van der Waals surface area contributed by atoms with Crippen molar-refractivity contribution in [1.29, 1.82) is 0 Å². The van der Waals surface area contributed by atoms with Gasteiger partial charge in [0.25, 0.3) is 0 Å². The Morgan fingerprint density at radius 1 is 0.885 bits per heavy atom. The SMILES string of the molecule is c1ccc(Oc2cc(-c3ccccc3)ccc2NC[C@@H]2CCCN2)cc1. The molecule has 1 saturated heterocycles. The summed E-state index contributed by atoms with van der Waals surface area (Å²) in [6, 6.07) is 27.3. The zero-order chi connectivity index (χ0) is 17.6. The van der Waals surface area contributed by atoms with Crippen molar-refractivity contribution in [2.24, 2.45) is 0 Å². The second-order valence-corrected chi connectivity index (χ2v) is 6.67. The molecule has 0 amide bonds. The highest BCUT2D eigenvalue weighted by molar-refractivity contribution is 5.71. The number of rotatable bonds is 6. The molecule has 0 unspecified atom stereocenters. The lowest BCUT2D eigenvalue weighted by molar-refractivity contribution is 0.484. The van der Waals surface area contributed by atoms with Crippen LogP contribution in [-0.2, 0) is 0 Å². The van der Waals surface area contributed by atoms with Gasteiger partial charge in [0.2, 0.25) is 0 Å². The number of nitrogens with one attached hydrogen (secondary N) is 2. The van der Waals surface area contributed by atoms with Crippen LogP contribution in [0.5, 0.6) is 11.5 Å². The summed E-state index contributed by atoms with van der Waals surface area (Å²) in [5.74, 6) is 1.70. The smallest absolute Gasteiger partial charge is 0.151 e. The van der Waals surface area contributed by atoms with Gasteiger partial charge in [-0.25, -0.2) is 0 Å². The van der Waals surface area contributed by atoms with E-state index in [1.807, 2.05) is 36.4 Å². The maximum atomic E-state index is 6.20. The van der Waals surface area contributed by atoms with Crippen molar-refractivity contribution >= 4 is 5.69 Å². The maximum Gasteiger partial charge on any atom is 0.151 e. The lowest BCUT2D eigenvalue weighted by Crippen LogP contribution is -2.29. The number of hydrogen-bond donors (Lipinski definition) is 2. The summed E-state index contributed by atoms with van der Waals surface area (Å²) >= 11 is 0. The van der Waals surface area contributed by atoms with Crippen molar-refractivity contribution in [2.75, 3.05) is 18.4 Å². The summed E-state index contributed by atoms with van der Waals surface area (Å²) in [6.07, 6.45) is 2.48. The number of ether oxygens (including phenoxy) is 1. The van der Waals surface area contributed by atoms with E-state index >= 15 is 0 Å². The molecule has 0 saturated carbocycles. The Morgan fingerprint density at radius 2 is 1.65 bits per heavy atom. The summed E-state index contributed by atoms with van der Waals surface area (Å²) in [4.78, 5) is 0. The van der Waals surface area contributed by atoms with E-state index in [4.69, 9.17) is 4.74 Å². The molecule has 1 atom stereocenters. The van der Waals surface area contributed by atoms with Crippen molar-refractivity contribution in [3.63, 3.8) is 0 Å². The van der Waals surface area contributed by atoms with E-state index in [-0.39, 0.29) is 0 Å². The lowest BCUT2D eigenvalue weighted by atomic mass is 10.0. The average Bonchev–Trinajstić information content (AvgIpc) is 3.22. The molecule has 0 bridgehead atoms. The Labute approximate surface area is 155 Å². The lowest BCUT2D eigenvalue weighted by Gasteiger charge is -2.17. The van der Waals surface area contributed by atoms with Crippen molar-refractivity contribution in [2.45, 2.75) is 18.9 Å². The van der Waals surface area contributed by atoms with Crippen LogP contribution in [-0.4, -0.2) is 19.1 Å². The first-order valence-electron chi connectivity index (χ1n) is 9.28. The molecule has 0 spiro atoms. The van der Waals surface area contributed by atoms with Crippen LogP contribution >= 0.6 is 0 Å². The van der Waals surface area contributed by atoms with Crippen molar-refractivity contribution in [3.8, 4) is 22.6 Å². The molecule has 3 aromatic rings. The number of hydrogen-bond acceptors (Lipinski definition) is 3. The molecular formula is C23H24N2O. The van der Waals surface area contributed by atoms with Crippen LogP contribution in [0.1, 0.15) is 12.8 Å². The minimum atomic E-state index is 0.536. The third-order valence-corrected chi connectivity index (χ3v) is 4.76. The zero-order valence-corrected chi connectivity index (χ0v) is 14.8. The van der Waals surface area contributed by atoms with Crippen molar-refractivity contribution < 1.29 is 4.74 Å². The summed E-state index contributed by atoms with van der Waals surface area (Å²) in [7, 11) is 0. The average molecular weight is 344 g/mol. The van der Waals surface area contributed by atoms with E-state index in [2.05, 4.69) is 53.1 Å². The molecule has 4 rings (SSSR count). The highest BCUT2D eigenvalue weighted by Gasteiger charge is 2.15.